The van der Waals surface area contributed by atoms with Crippen LogP contribution in [-0.4, -0.2) is 30.3 Å². The van der Waals surface area contributed by atoms with Gasteiger partial charge in [0.15, 0.2) is 5.76 Å². The first-order valence-electron chi connectivity index (χ1n) is 10.8. The molecule has 2 atom stereocenters. The van der Waals surface area contributed by atoms with E-state index >= 15 is 0 Å². The molecule has 1 amide bonds. The van der Waals surface area contributed by atoms with Crippen molar-refractivity contribution in [3.05, 3.63) is 40.2 Å². The number of thiophene rings is 1. The Balaban J connectivity index is 2.08. The average Bonchev–Trinajstić information content (AvgIpc) is 3.39. The number of nitrogens with one attached hydrogen (secondary N) is 2. The second kappa shape index (κ2) is 9.33. The third-order valence-corrected chi connectivity index (χ3v) is 7.13. The van der Waals surface area contributed by atoms with Crippen LogP contribution in [0.25, 0.3) is 0 Å². The van der Waals surface area contributed by atoms with Gasteiger partial charge in [0.1, 0.15) is 11.1 Å². The van der Waals surface area contributed by atoms with E-state index in [1.165, 1.54) is 19.1 Å². The van der Waals surface area contributed by atoms with Crippen molar-refractivity contribution in [1.29, 1.82) is 5.26 Å². The third-order valence-electron chi connectivity index (χ3n) is 5.96. The Hall–Kier alpha value is -3.00. The summed E-state index contributed by atoms with van der Waals surface area (Å²) in [5, 5.41) is 13.5. The molecule has 184 valence electrons. The molecule has 0 saturated carbocycles. The fourth-order valence-electron chi connectivity index (χ4n) is 3.97. The van der Waals surface area contributed by atoms with Crippen LogP contribution in [0.1, 0.15) is 60.7 Å². The number of amides is 1. The topological polar surface area (TPSA) is 104 Å². The number of rotatable bonds is 6. The van der Waals surface area contributed by atoms with E-state index in [0.29, 0.717) is 18.4 Å². The van der Waals surface area contributed by atoms with E-state index in [1.54, 1.807) is 5.32 Å². The lowest BCUT2D eigenvalue weighted by Gasteiger charge is -2.34. The molecule has 11 heteroatoms. The molecule has 3 rings (SSSR count). The van der Waals surface area contributed by atoms with Gasteiger partial charge in [-0.2, -0.15) is 18.4 Å². The minimum Gasteiger partial charge on any atom is -0.463 e. The smallest absolute Gasteiger partial charge is 0.441 e. The zero-order valence-corrected chi connectivity index (χ0v) is 20.1. The molecule has 0 radical (unpaired) electrons. The van der Waals surface area contributed by atoms with Gasteiger partial charge < -0.3 is 19.8 Å². The maximum absolute atomic E-state index is 14.5. The molecule has 1 aliphatic carbocycles. The van der Waals surface area contributed by atoms with E-state index in [9.17, 15) is 28.0 Å². The number of fused-ring (bicyclic) bond motifs is 1. The molecule has 2 aromatic rings. The predicted molar refractivity (Wildman–Crippen MR) is 119 cm³/mol. The largest absolute Gasteiger partial charge is 0.463 e. The number of hydrogen-bond donors (Lipinski definition) is 2. The highest BCUT2D eigenvalue weighted by Crippen LogP contribution is 2.45. The van der Waals surface area contributed by atoms with Crippen LogP contribution in [0.4, 0.5) is 18.2 Å². The number of nitriles is 1. The lowest BCUT2D eigenvalue weighted by atomic mass is 9.72. The molecular weight excluding hydrogens is 471 g/mol. The Kier molecular flexibility index (Phi) is 7.03. The average molecular weight is 498 g/mol. The number of carbonyl (C=O) groups excluding carboxylic acids is 2. The van der Waals surface area contributed by atoms with Gasteiger partial charge in [0.25, 0.3) is 5.91 Å². The molecule has 2 N–H and O–H groups in total. The number of ether oxygens (including phenoxy) is 1. The summed E-state index contributed by atoms with van der Waals surface area (Å²) in [6.07, 6.45) is -2.26. The molecule has 2 heterocycles. The zero-order valence-electron chi connectivity index (χ0n) is 19.3. The molecule has 0 saturated heterocycles. The van der Waals surface area contributed by atoms with E-state index in [4.69, 9.17) is 9.15 Å². The lowest BCUT2D eigenvalue weighted by molar-refractivity contribution is -0.204. The quantitative estimate of drug-likeness (QED) is 0.429. The summed E-state index contributed by atoms with van der Waals surface area (Å²) >= 11 is 0.993. The molecule has 2 aromatic heterocycles. The molecule has 0 fully saturated rings. The number of furan rings is 1. The molecule has 1 aliphatic rings. The van der Waals surface area contributed by atoms with Gasteiger partial charge in [0.05, 0.1) is 18.4 Å². The maximum Gasteiger partial charge on any atom is 0.441 e. The summed E-state index contributed by atoms with van der Waals surface area (Å²) in [5.74, 6) is -3.14. The monoisotopic (exact) mass is 497 g/mol. The van der Waals surface area contributed by atoms with Crippen molar-refractivity contribution in [1.82, 2.24) is 5.32 Å². The SMILES string of the molecule is CCOC(=O)[C@](NC(=O)c1ccco1)(Nc1sc2c(c1C#N)CCC(C(C)(C)C)C2)C(F)(F)F. The summed E-state index contributed by atoms with van der Waals surface area (Å²) in [6, 6.07) is 4.47. The van der Waals surface area contributed by atoms with E-state index in [0.717, 1.165) is 28.9 Å². The van der Waals surface area contributed by atoms with E-state index < -0.39 is 29.5 Å². The fourth-order valence-corrected chi connectivity index (χ4v) is 5.30. The molecule has 0 bridgehead atoms. The van der Waals surface area contributed by atoms with Crippen molar-refractivity contribution in [2.75, 3.05) is 11.9 Å². The number of alkyl halides is 3. The fraction of sp³-hybridized carbons (Fsp3) is 0.522. The minimum absolute atomic E-state index is 0.0141. The Morgan fingerprint density at radius 3 is 2.56 bits per heavy atom. The number of esters is 1. The van der Waals surface area contributed by atoms with Gasteiger partial charge in [-0.25, -0.2) is 4.79 Å². The highest BCUT2D eigenvalue weighted by Gasteiger charge is 2.64. The number of halogens is 3. The number of carbonyl (C=O) groups is 2. The van der Waals surface area contributed by atoms with Crippen LogP contribution >= 0.6 is 11.3 Å². The first-order valence-corrected chi connectivity index (χ1v) is 11.6. The standard InChI is InChI=1S/C23H26F3N3O4S/c1-5-32-20(31)22(23(24,25)26,28-18(30)16-7-6-10-33-16)29-19-15(12-27)14-9-8-13(21(2,3)4)11-17(14)34-19/h6-7,10,13,29H,5,8-9,11H2,1-4H3,(H,28,30)/t13?,22-/m0/s1. The van der Waals surface area contributed by atoms with Crippen LogP contribution in [0.5, 0.6) is 0 Å². The van der Waals surface area contributed by atoms with Crippen molar-refractivity contribution >= 4 is 28.2 Å². The highest BCUT2D eigenvalue weighted by atomic mass is 32.1. The van der Waals surface area contributed by atoms with Crippen LogP contribution in [0.2, 0.25) is 0 Å². The lowest BCUT2D eigenvalue weighted by Crippen LogP contribution is -2.69. The van der Waals surface area contributed by atoms with Crippen LogP contribution in [0.3, 0.4) is 0 Å². The Morgan fingerprint density at radius 2 is 2.03 bits per heavy atom. The maximum atomic E-state index is 14.5. The molecule has 34 heavy (non-hydrogen) atoms. The van der Waals surface area contributed by atoms with Crippen molar-refractivity contribution in [3.63, 3.8) is 0 Å². The molecular formula is C23H26F3N3O4S. The summed E-state index contributed by atoms with van der Waals surface area (Å²) in [4.78, 5) is 26.1. The molecule has 7 nitrogen and oxygen atoms in total. The second-order valence-corrected chi connectivity index (χ2v) is 10.3. The molecule has 0 aromatic carbocycles. The van der Waals surface area contributed by atoms with Crippen LogP contribution < -0.4 is 10.6 Å². The number of anilines is 1. The van der Waals surface area contributed by atoms with Gasteiger partial charge in [-0.3, -0.25) is 4.79 Å². The van der Waals surface area contributed by atoms with E-state index in [2.05, 4.69) is 26.1 Å². The minimum atomic E-state index is -5.31. The Bertz CT molecular complexity index is 1100. The summed E-state index contributed by atoms with van der Waals surface area (Å²) in [6.45, 7) is 7.29. The Labute approximate surface area is 199 Å². The van der Waals surface area contributed by atoms with Gasteiger partial charge in [-0.1, -0.05) is 20.8 Å². The molecule has 1 unspecified atom stereocenters. The van der Waals surface area contributed by atoms with Crippen LogP contribution in [0, 0.1) is 22.7 Å². The first-order chi connectivity index (χ1) is 15.8. The van der Waals surface area contributed by atoms with E-state index in [1.807, 2.05) is 6.07 Å². The number of nitrogens with zero attached hydrogens (tertiary/aromatic N) is 1. The van der Waals surface area contributed by atoms with Gasteiger partial charge >= 0.3 is 17.8 Å². The summed E-state index contributed by atoms with van der Waals surface area (Å²) < 4.78 is 53.1. The van der Waals surface area contributed by atoms with Crippen molar-refractivity contribution < 1.29 is 31.9 Å². The summed E-state index contributed by atoms with van der Waals surface area (Å²) in [7, 11) is 0. The normalized spacial score (nSPS) is 17.8. The summed E-state index contributed by atoms with van der Waals surface area (Å²) in [5.41, 5.74) is -2.93. The van der Waals surface area contributed by atoms with Crippen LogP contribution in [0.15, 0.2) is 22.8 Å². The zero-order chi connectivity index (χ0) is 25.3. The van der Waals surface area contributed by atoms with Crippen molar-refractivity contribution in [2.45, 2.75) is 58.8 Å². The van der Waals surface area contributed by atoms with Gasteiger partial charge in [0, 0.05) is 4.88 Å². The van der Waals surface area contributed by atoms with E-state index in [-0.39, 0.29) is 28.5 Å². The van der Waals surface area contributed by atoms with Crippen molar-refractivity contribution in [2.24, 2.45) is 11.3 Å². The third kappa shape index (κ3) is 4.78. The predicted octanol–water partition coefficient (Wildman–Crippen LogP) is 5.03. The first kappa shape index (κ1) is 25.6. The van der Waals surface area contributed by atoms with Crippen LogP contribution in [-0.2, 0) is 22.4 Å². The highest BCUT2D eigenvalue weighted by molar-refractivity contribution is 7.16. The van der Waals surface area contributed by atoms with Crippen molar-refractivity contribution in [3.8, 4) is 6.07 Å². The second-order valence-electron chi connectivity index (χ2n) is 9.15. The molecule has 0 spiro atoms. The number of hydrogen-bond acceptors (Lipinski definition) is 7. The Morgan fingerprint density at radius 1 is 1.32 bits per heavy atom. The van der Waals surface area contributed by atoms with Gasteiger partial charge in [0.2, 0.25) is 0 Å². The van der Waals surface area contributed by atoms with Gasteiger partial charge in [-0.05, 0) is 55.2 Å². The molecule has 0 aliphatic heterocycles. The van der Waals surface area contributed by atoms with Gasteiger partial charge in [-0.15, -0.1) is 11.3 Å².